The van der Waals surface area contributed by atoms with E-state index in [9.17, 15) is 32.0 Å². The summed E-state index contributed by atoms with van der Waals surface area (Å²) in [7, 11) is -9.48. The Morgan fingerprint density at radius 1 is 0.607 bits per heavy atom. The van der Waals surface area contributed by atoms with Crippen LogP contribution in [0, 0.1) is 0 Å². The fraction of sp³-hybridized carbons (Fsp3) is 0.250. The molecule has 2 N–H and O–H groups in total. The molecule has 8 nitrogen and oxygen atoms in total. The zero-order valence-electron chi connectivity index (χ0n) is 15.4. The summed E-state index contributed by atoms with van der Waals surface area (Å²) >= 11 is -7.94. The van der Waals surface area contributed by atoms with Gasteiger partial charge in [0, 0.05) is 0 Å². The summed E-state index contributed by atoms with van der Waals surface area (Å²) < 4.78 is 93.3. The Hall–Kier alpha value is -0.504. The van der Waals surface area contributed by atoms with Gasteiger partial charge in [0.15, 0.2) is 0 Å². The Morgan fingerprint density at radius 2 is 0.893 bits per heavy atom. The van der Waals surface area contributed by atoms with Gasteiger partial charge < -0.3 is 0 Å². The molecule has 0 saturated carbocycles. The molecule has 0 radical (unpaired) electrons. The van der Waals surface area contributed by atoms with Gasteiger partial charge in [0.2, 0.25) is 0 Å². The summed E-state index contributed by atoms with van der Waals surface area (Å²) in [6.07, 6.45) is 0. The minimum atomic E-state index is -4.74. The van der Waals surface area contributed by atoms with Crippen LogP contribution in [0.5, 0.6) is 0 Å². The first-order valence-corrected chi connectivity index (χ1v) is 25.6. The Kier molecular flexibility index (Phi) is 5.15. The molecule has 1 aliphatic rings. The zero-order valence-corrected chi connectivity index (χ0v) is 22.1. The topological polar surface area (TPSA) is 143 Å². The van der Waals surface area contributed by atoms with Crippen molar-refractivity contribution in [1.82, 2.24) is 0 Å². The second-order valence-corrected chi connectivity index (χ2v) is 28.3. The second-order valence-electron chi connectivity index (χ2n) is 7.32. The predicted octanol–water partition coefficient (Wildman–Crippen LogP) is 1.51. The van der Waals surface area contributed by atoms with E-state index in [2.05, 4.69) is 0 Å². The van der Waals surface area contributed by atoms with Crippen LogP contribution in [0.15, 0.2) is 34.1 Å². The van der Waals surface area contributed by atoms with Crippen molar-refractivity contribution in [2.45, 2.75) is 29.3 Å². The molecule has 0 saturated heterocycles. The van der Waals surface area contributed by atoms with Gasteiger partial charge in [0.1, 0.15) is 0 Å². The van der Waals surface area contributed by atoms with E-state index in [4.69, 9.17) is 0 Å². The molecule has 3 rings (SSSR count). The van der Waals surface area contributed by atoms with Crippen LogP contribution in [0.2, 0.25) is 19.5 Å². The van der Waals surface area contributed by atoms with Crippen molar-refractivity contribution >= 4 is 64.8 Å². The van der Waals surface area contributed by atoms with Crippen molar-refractivity contribution in [1.29, 1.82) is 0 Å². The van der Waals surface area contributed by atoms with Crippen molar-refractivity contribution in [2.75, 3.05) is 0 Å². The molecular formula is C16H18O8S2Sb2. The monoisotopic (exact) mass is 644 g/mol. The van der Waals surface area contributed by atoms with E-state index in [1.54, 1.807) is 19.5 Å². The van der Waals surface area contributed by atoms with Gasteiger partial charge in [-0.25, -0.2) is 0 Å². The van der Waals surface area contributed by atoms with Crippen molar-refractivity contribution < 1.29 is 32.0 Å². The molecule has 0 aromatic heterocycles. The molecule has 1 aliphatic carbocycles. The SMILES string of the molecule is [CH3][Sb]([CH3])(=[O])[c]1ccc(S(=O)(=O)O)c2c1-c1[c]([Sb]([CH3])([CH3])=[O])ccc(S(=O)(=O)O)c1-2. The number of hydrogen-bond donors (Lipinski definition) is 2. The third kappa shape index (κ3) is 3.57. The number of fused-ring (bicyclic) bond motifs is 4. The van der Waals surface area contributed by atoms with Crippen LogP contribution in [0.4, 0.5) is 0 Å². The van der Waals surface area contributed by atoms with E-state index >= 15 is 0 Å². The van der Waals surface area contributed by atoms with E-state index in [0.717, 1.165) is 12.1 Å². The molecule has 0 spiro atoms. The molecule has 0 aliphatic heterocycles. The summed E-state index contributed by atoms with van der Waals surface area (Å²) in [5.41, 5.74) is 0.233. The van der Waals surface area contributed by atoms with Gasteiger partial charge in [0.05, 0.1) is 0 Å². The van der Waals surface area contributed by atoms with Gasteiger partial charge in [-0.1, -0.05) is 0 Å². The van der Waals surface area contributed by atoms with Crippen molar-refractivity contribution in [2.24, 2.45) is 0 Å². The average Bonchev–Trinajstić information content (AvgIpc) is 2.46. The molecular weight excluding hydrogens is 628 g/mol. The second kappa shape index (κ2) is 6.50. The number of rotatable bonds is 4. The Morgan fingerprint density at radius 3 is 1.11 bits per heavy atom. The molecule has 0 heterocycles. The first-order chi connectivity index (χ1) is 12.5. The van der Waals surface area contributed by atoms with E-state index in [-0.39, 0.29) is 22.3 Å². The number of benzene rings is 2. The maximum absolute atomic E-state index is 12.9. The maximum atomic E-state index is 12.9. The fourth-order valence-electron chi connectivity index (χ4n) is 3.41. The van der Waals surface area contributed by atoms with Gasteiger partial charge in [-0.05, 0) is 0 Å². The van der Waals surface area contributed by atoms with E-state index in [0.29, 0.717) is 7.02 Å². The first-order valence-electron chi connectivity index (χ1n) is 7.86. The van der Waals surface area contributed by atoms with Crippen molar-refractivity contribution in [3.8, 4) is 22.3 Å². The summed E-state index contributed by atoms with van der Waals surface area (Å²) in [5.74, 6) is 0. The van der Waals surface area contributed by atoms with Crippen LogP contribution >= 0.6 is 0 Å². The summed E-state index contributed by atoms with van der Waals surface area (Å²) in [5, 5.41) is 0. The van der Waals surface area contributed by atoms with Crippen LogP contribution in [-0.4, -0.2) is 63.5 Å². The predicted molar refractivity (Wildman–Crippen MR) is 106 cm³/mol. The number of hydrogen-bond acceptors (Lipinski definition) is 6. The average molecular weight is 646 g/mol. The molecule has 0 atom stereocenters. The Bertz CT molecular complexity index is 1240. The molecule has 0 bridgehead atoms. The standard InChI is InChI=1S/C12H6O6S2.4CH3.2O.2Sb/c13-19(14,15)9-5-1-3-7-8-4-2-6-10(20(16,17)18)12(8)11(7)9;;;;;;;;/h1-2,5-6H,(H,13,14,15)(H,16,17,18);4*1H3;;;;. The van der Waals surface area contributed by atoms with Crippen LogP contribution in [0.25, 0.3) is 22.3 Å². The van der Waals surface area contributed by atoms with Crippen molar-refractivity contribution in [3.63, 3.8) is 0 Å². The quantitative estimate of drug-likeness (QED) is 0.321. The van der Waals surface area contributed by atoms with Gasteiger partial charge >= 0.3 is 173 Å². The van der Waals surface area contributed by atoms with E-state index in [1.165, 1.54) is 12.1 Å². The zero-order chi connectivity index (χ0) is 21.4. The summed E-state index contributed by atoms with van der Waals surface area (Å²) in [6, 6.07) is 4.84. The fourth-order valence-corrected chi connectivity index (χ4v) is 11.6. The molecule has 12 heteroatoms. The molecule has 0 unspecified atom stereocenters. The van der Waals surface area contributed by atoms with Gasteiger partial charge in [-0.3, -0.25) is 0 Å². The van der Waals surface area contributed by atoms with Crippen LogP contribution in [0.3, 0.4) is 0 Å². The van der Waals surface area contributed by atoms with Crippen LogP contribution in [0.1, 0.15) is 0 Å². The van der Waals surface area contributed by atoms with Gasteiger partial charge in [-0.15, -0.1) is 0 Å². The molecule has 2 aromatic carbocycles. The van der Waals surface area contributed by atoms with E-state index < -0.39 is 67.6 Å². The first kappa shape index (κ1) is 22.2. The van der Waals surface area contributed by atoms with Gasteiger partial charge in [0.25, 0.3) is 0 Å². The third-order valence-corrected chi connectivity index (χ3v) is 15.0. The third-order valence-electron chi connectivity index (χ3n) is 4.51. The summed E-state index contributed by atoms with van der Waals surface area (Å²) in [6.45, 7) is 0. The molecule has 152 valence electrons. The van der Waals surface area contributed by atoms with E-state index in [1.807, 2.05) is 0 Å². The van der Waals surface area contributed by atoms with Crippen LogP contribution < -0.4 is 7.02 Å². The molecule has 2 aromatic rings. The minimum absolute atomic E-state index is 0.115. The van der Waals surface area contributed by atoms with Crippen molar-refractivity contribution in [3.05, 3.63) is 24.3 Å². The molecule has 28 heavy (non-hydrogen) atoms. The normalized spacial score (nSPS) is 14.2. The molecule has 0 fully saturated rings. The van der Waals surface area contributed by atoms with Gasteiger partial charge in [-0.2, -0.15) is 0 Å². The summed E-state index contributed by atoms with van der Waals surface area (Å²) in [4.78, 5) is 5.11. The molecule has 0 amide bonds. The Balaban J connectivity index is 2.62. The van der Waals surface area contributed by atoms with Crippen LogP contribution in [-0.2, 0) is 26.3 Å². The Labute approximate surface area is 171 Å².